The first-order chi connectivity index (χ1) is 3.31. The molecule has 0 aromatic rings. The predicted octanol–water partition coefficient (Wildman–Crippen LogP) is 0.600. The molecule has 0 rings (SSSR count). The summed E-state index contributed by atoms with van der Waals surface area (Å²) in [5.41, 5.74) is 5.19. The van der Waals surface area contributed by atoms with Crippen LogP contribution in [-0.4, -0.2) is 18.3 Å². The average molecular weight is 119 g/mol. The molecule has 0 fully saturated rings. The third-order valence-corrected chi connectivity index (χ3v) is 0.971. The first-order valence-corrected chi connectivity index (χ1v) is 2.62. The fraction of sp³-hybridized carbons (Fsp3) is 1.00. The zero-order valence-corrected chi connectivity index (χ0v) is 4.72. The monoisotopic (exact) mass is 119 g/mol. The van der Waals surface area contributed by atoms with Crippen LogP contribution in [0.2, 0.25) is 0 Å². The zero-order valence-electron chi connectivity index (χ0n) is 4.72. The van der Waals surface area contributed by atoms with E-state index in [0.717, 1.165) is 6.42 Å². The van der Waals surface area contributed by atoms with Crippen LogP contribution in [0.4, 0.5) is 0 Å². The second-order valence-corrected chi connectivity index (χ2v) is 1.87. The van der Waals surface area contributed by atoms with Gasteiger partial charge in [0.1, 0.15) is 0 Å². The van der Waals surface area contributed by atoms with Gasteiger partial charge in [-0.1, -0.05) is 14.4 Å². The number of hydrogen-bond donors (Lipinski definition) is 2. The van der Waals surface area contributed by atoms with Crippen LogP contribution in [-0.2, 0) is 0 Å². The van der Waals surface area contributed by atoms with E-state index in [0.29, 0.717) is 12.5 Å². The molecule has 0 radical (unpaired) electrons. The molecule has 0 aliphatic carbocycles. The molecule has 0 saturated carbocycles. The smallest absolute Gasteiger partial charge is 0.0457 e. The summed E-state index contributed by atoms with van der Waals surface area (Å²) < 4.78 is 0. The summed E-state index contributed by atoms with van der Waals surface area (Å²) in [5, 5.41) is 8.41. The number of nitrogens with two attached hydrogens (primary N) is 1. The topological polar surface area (TPSA) is 46.2 Å². The molecule has 0 amide bonds. The molecular weight excluding hydrogens is 102 g/mol. The van der Waals surface area contributed by atoms with Gasteiger partial charge in [0, 0.05) is 6.61 Å². The Kier molecular flexibility index (Phi) is 9.36. The van der Waals surface area contributed by atoms with Crippen LogP contribution < -0.4 is 5.73 Å². The molecule has 8 heavy (non-hydrogen) atoms. The molecule has 0 aliphatic rings. The van der Waals surface area contributed by atoms with E-state index in [4.69, 9.17) is 10.8 Å². The lowest BCUT2D eigenvalue weighted by atomic mass is 10.1. The maximum atomic E-state index is 8.41. The van der Waals surface area contributed by atoms with E-state index >= 15 is 0 Å². The first kappa shape index (κ1) is 10.8. The van der Waals surface area contributed by atoms with Crippen molar-refractivity contribution in [2.75, 3.05) is 13.2 Å². The largest absolute Gasteiger partial charge is 0.396 e. The van der Waals surface area contributed by atoms with Gasteiger partial charge in [-0.25, -0.2) is 0 Å². The van der Waals surface area contributed by atoms with E-state index in [-0.39, 0.29) is 14.0 Å². The lowest BCUT2D eigenvalue weighted by Gasteiger charge is -2.01. The molecule has 52 valence electrons. The van der Waals surface area contributed by atoms with E-state index < -0.39 is 0 Å². The molecule has 2 nitrogen and oxygen atoms in total. The van der Waals surface area contributed by atoms with Gasteiger partial charge in [-0.05, 0) is 18.9 Å². The molecule has 1 atom stereocenters. The Morgan fingerprint density at radius 2 is 2.12 bits per heavy atom. The van der Waals surface area contributed by atoms with Crippen molar-refractivity contribution >= 4 is 0 Å². The predicted molar refractivity (Wildman–Crippen MR) is 36.7 cm³/mol. The van der Waals surface area contributed by atoms with Crippen LogP contribution in [0.15, 0.2) is 0 Å². The van der Waals surface area contributed by atoms with Gasteiger partial charge in [-0.3, -0.25) is 0 Å². The summed E-state index contributed by atoms with van der Waals surface area (Å²) in [6, 6.07) is 0. The van der Waals surface area contributed by atoms with Crippen LogP contribution >= 0.6 is 0 Å². The fourth-order valence-corrected chi connectivity index (χ4v) is 0.376. The van der Waals surface area contributed by atoms with Crippen LogP contribution in [0.3, 0.4) is 0 Å². The van der Waals surface area contributed by atoms with Crippen molar-refractivity contribution in [3.63, 3.8) is 0 Å². The quantitative estimate of drug-likeness (QED) is 0.571. The second kappa shape index (κ2) is 6.92. The molecule has 2 heteroatoms. The van der Waals surface area contributed by atoms with Crippen molar-refractivity contribution in [1.29, 1.82) is 0 Å². The number of aliphatic hydroxyl groups is 1. The van der Waals surface area contributed by atoms with Gasteiger partial charge >= 0.3 is 0 Å². The van der Waals surface area contributed by atoms with E-state index in [1.165, 1.54) is 0 Å². The first-order valence-electron chi connectivity index (χ1n) is 2.62. The maximum absolute atomic E-state index is 8.41. The molecular formula is C6H17NO. The van der Waals surface area contributed by atoms with Gasteiger partial charge in [0.25, 0.3) is 0 Å². The Morgan fingerprint density at radius 1 is 1.62 bits per heavy atom. The number of aliphatic hydroxyl groups excluding tert-OH is 1. The van der Waals surface area contributed by atoms with E-state index in [2.05, 4.69) is 0 Å². The lowest BCUT2D eigenvalue weighted by Crippen LogP contribution is -2.08. The Bertz CT molecular complexity index is 39.5. The van der Waals surface area contributed by atoms with Crippen LogP contribution in [0.1, 0.15) is 20.8 Å². The summed E-state index contributed by atoms with van der Waals surface area (Å²) in [4.78, 5) is 0. The minimum absolute atomic E-state index is 0. The minimum Gasteiger partial charge on any atom is -0.396 e. The third kappa shape index (κ3) is 5.92. The normalized spacial score (nSPS) is 12.4. The molecule has 3 N–H and O–H groups in total. The van der Waals surface area contributed by atoms with Gasteiger partial charge in [0.05, 0.1) is 0 Å². The molecule has 0 aromatic carbocycles. The highest BCUT2D eigenvalue weighted by molar-refractivity contribution is 4.48. The second-order valence-electron chi connectivity index (χ2n) is 1.87. The fourth-order valence-electron chi connectivity index (χ4n) is 0.376. The highest BCUT2D eigenvalue weighted by Crippen LogP contribution is 1.95. The van der Waals surface area contributed by atoms with Crippen molar-refractivity contribution < 1.29 is 5.11 Å². The van der Waals surface area contributed by atoms with Gasteiger partial charge in [-0.2, -0.15) is 0 Å². The van der Waals surface area contributed by atoms with Crippen LogP contribution in [0.25, 0.3) is 0 Å². The molecule has 0 aliphatic heterocycles. The Hall–Kier alpha value is -0.0800. The molecule has 0 bridgehead atoms. The van der Waals surface area contributed by atoms with E-state index in [9.17, 15) is 0 Å². The Labute approximate surface area is 51.7 Å². The zero-order chi connectivity index (χ0) is 5.70. The van der Waals surface area contributed by atoms with Gasteiger partial charge in [-0.15, -0.1) is 0 Å². The van der Waals surface area contributed by atoms with E-state index in [1.54, 1.807) is 0 Å². The average Bonchev–Trinajstić information content (AvgIpc) is 1.68. The highest BCUT2D eigenvalue weighted by Gasteiger charge is 1.94. The van der Waals surface area contributed by atoms with Gasteiger partial charge in [0.2, 0.25) is 0 Å². The van der Waals surface area contributed by atoms with Gasteiger partial charge in [0.15, 0.2) is 0 Å². The standard InChI is InChI=1S/C5H13NO.CH4/c1-5(4-7)2-3-6;/h5,7H,2-4,6H2,1H3;1H4. The van der Waals surface area contributed by atoms with E-state index in [1.807, 2.05) is 6.92 Å². The number of hydrogen-bond acceptors (Lipinski definition) is 2. The highest BCUT2D eigenvalue weighted by atomic mass is 16.3. The Morgan fingerprint density at radius 3 is 2.25 bits per heavy atom. The van der Waals surface area contributed by atoms with Crippen molar-refractivity contribution in [3.8, 4) is 0 Å². The summed E-state index contributed by atoms with van der Waals surface area (Å²) >= 11 is 0. The number of rotatable bonds is 3. The van der Waals surface area contributed by atoms with Crippen molar-refractivity contribution in [2.24, 2.45) is 11.7 Å². The van der Waals surface area contributed by atoms with Crippen LogP contribution in [0, 0.1) is 5.92 Å². The summed E-state index contributed by atoms with van der Waals surface area (Å²) in [6.07, 6.45) is 0.927. The minimum atomic E-state index is 0. The van der Waals surface area contributed by atoms with Crippen molar-refractivity contribution in [1.82, 2.24) is 0 Å². The van der Waals surface area contributed by atoms with Crippen LogP contribution in [0.5, 0.6) is 0 Å². The summed E-state index contributed by atoms with van der Waals surface area (Å²) in [6.45, 7) is 2.92. The molecule has 1 unspecified atom stereocenters. The molecule has 0 aromatic heterocycles. The third-order valence-electron chi connectivity index (χ3n) is 0.971. The lowest BCUT2D eigenvalue weighted by molar-refractivity contribution is 0.232. The molecule has 0 heterocycles. The maximum Gasteiger partial charge on any atom is 0.0457 e. The Balaban J connectivity index is 0. The summed E-state index contributed by atoms with van der Waals surface area (Å²) in [5.74, 6) is 0.380. The molecule has 0 saturated heterocycles. The van der Waals surface area contributed by atoms with Crippen molar-refractivity contribution in [3.05, 3.63) is 0 Å². The van der Waals surface area contributed by atoms with Gasteiger partial charge < -0.3 is 10.8 Å². The molecule has 0 spiro atoms. The van der Waals surface area contributed by atoms with Crippen molar-refractivity contribution in [2.45, 2.75) is 20.8 Å². The SMILES string of the molecule is C.CC(CO)CCN. The summed E-state index contributed by atoms with van der Waals surface area (Å²) in [7, 11) is 0.